The van der Waals surface area contributed by atoms with Crippen LogP contribution in [-0.4, -0.2) is 56.1 Å². The van der Waals surface area contributed by atoms with Gasteiger partial charge >= 0.3 is 0 Å². The van der Waals surface area contributed by atoms with Crippen LogP contribution in [0.4, 0.5) is 5.69 Å². The van der Waals surface area contributed by atoms with Crippen molar-refractivity contribution in [3.8, 4) is 0 Å². The summed E-state index contributed by atoms with van der Waals surface area (Å²) in [6.45, 7) is 5.52. The largest absolute Gasteiger partial charge is 0.378 e. The van der Waals surface area contributed by atoms with Crippen molar-refractivity contribution in [2.75, 3.05) is 38.7 Å². The minimum Gasteiger partial charge on any atom is -0.378 e. The number of amides is 2. The van der Waals surface area contributed by atoms with Gasteiger partial charge in [-0.05, 0) is 25.0 Å². The molecule has 120 valence electrons. The fourth-order valence-electron chi connectivity index (χ4n) is 2.47. The molecule has 0 spiro atoms. The maximum absolute atomic E-state index is 12.2. The molecule has 0 bridgehead atoms. The summed E-state index contributed by atoms with van der Waals surface area (Å²) in [6, 6.07) is 5.47. The Balaban J connectivity index is 1.92. The Morgan fingerprint density at radius 1 is 1.36 bits per heavy atom. The number of hydrogen-bond donors (Lipinski definition) is 2. The number of nitrogens with one attached hydrogen (secondary N) is 2. The van der Waals surface area contributed by atoms with Gasteiger partial charge in [0.2, 0.25) is 11.8 Å². The van der Waals surface area contributed by atoms with Crippen molar-refractivity contribution < 1.29 is 14.3 Å². The molecular formula is C16H23N3O3. The van der Waals surface area contributed by atoms with E-state index in [0.717, 1.165) is 16.8 Å². The Morgan fingerprint density at radius 2 is 2.05 bits per heavy atom. The fourth-order valence-corrected chi connectivity index (χ4v) is 2.47. The van der Waals surface area contributed by atoms with Crippen molar-refractivity contribution in [1.82, 2.24) is 10.2 Å². The van der Waals surface area contributed by atoms with Gasteiger partial charge in [-0.15, -0.1) is 0 Å². The van der Waals surface area contributed by atoms with Crippen LogP contribution in [0.5, 0.6) is 0 Å². The molecule has 2 N–H and O–H groups in total. The molecule has 0 aliphatic carbocycles. The van der Waals surface area contributed by atoms with Crippen LogP contribution in [0.1, 0.15) is 11.1 Å². The van der Waals surface area contributed by atoms with Crippen molar-refractivity contribution in [2.45, 2.75) is 19.9 Å². The summed E-state index contributed by atoms with van der Waals surface area (Å²) < 4.78 is 5.27. The van der Waals surface area contributed by atoms with Crippen LogP contribution in [0.2, 0.25) is 0 Å². The van der Waals surface area contributed by atoms with Gasteiger partial charge in [0, 0.05) is 19.3 Å². The highest BCUT2D eigenvalue weighted by Gasteiger charge is 2.25. The topological polar surface area (TPSA) is 70.7 Å². The molecule has 1 saturated heterocycles. The summed E-state index contributed by atoms with van der Waals surface area (Å²) >= 11 is 0. The zero-order valence-electron chi connectivity index (χ0n) is 13.3. The maximum atomic E-state index is 12.2. The zero-order chi connectivity index (χ0) is 16.1. The number of para-hydroxylation sites is 1. The minimum atomic E-state index is -0.369. The monoisotopic (exact) mass is 305 g/mol. The molecule has 0 saturated carbocycles. The number of anilines is 1. The van der Waals surface area contributed by atoms with Crippen LogP contribution in [0.25, 0.3) is 0 Å². The summed E-state index contributed by atoms with van der Waals surface area (Å²) in [6.07, 6.45) is 0. The Bertz CT molecular complexity index is 533. The van der Waals surface area contributed by atoms with Crippen LogP contribution in [0.15, 0.2) is 18.2 Å². The average molecular weight is 305 g/mol. The molecular weight excluding hydrogens is 282 g/mol. The van der Waals surface area contributed by atoms with E-state index in [0.29, 0.717) is 19.8 Å². The van der Waals surface area contributed by atoms with Crippen LogP contribution >= 0.6 is 0 Å². The van der Waals surface area contributed by atoms with Gasteiger partial charge in [-0.2, -0.15) is 0 Å². The van der Waals surface area contributed by atoms with Gasteiger partial charge in [0.25, 0.3) is 0 Å². The van der Waals surface area contributed by atoms with Crippen molar-refractivity contribution >= 4 is 17.5 Å². The fraction of sp³-hybridized carbons (Fsp3) is 0.500. The first-order valence-corrected chi connectivity index (χ1v) is 7.41. The van der Waals surface area contributed by atoms with Gasteiger partial charge in [0.15, 0.2) is 0 Å². The van der Waals surface area contributed by atoms with Gasteiger partial charge in [-0.3, -0.25) is 9.59 Å². The van der Waals surface area contributed by atoms with Gasteiger partial charge in [-0.1, -0.05) is 18.2 Å². The molecule has 1 aliphatic heterocycles. The second-order valence-electron chi connectivity index (χ2n) is 5.59. The molecule has 1 unspecified atom stereocenters. The highest BCUT2D eigenvalue weighted by atomic mass is 16.5. The Hall–Kier alpha value is -1.92. The van der Waals surface area contributed by atoms with E-state index in [2.05, 4.69) is 10.6 Å². The smallest absolute Gasteiger partial charge is 0.243 e. The summed E-state index contributed by atoms with van der Waals surface area (Å²) in [7, 11) is 1.63. The molecule has 0 aromatic heterocycles. The Labute approximate surface area is 130 Å². The number of benzene rings is 1. The number of hydrogen-bond acceptors (Lipinski definition) is 4. The first-order chi connectivity index (χ1) is 10.5. The number of morpholine rings is 1. The molecule has 1 aromatic rings. The predicted octanol–water partition coefficient (Wildman–Crippen LogP) is 0.689. The van der Waals surface area contributed by atoms with Gasteiger partial charge in [0.05, 0.1) is 19.8 Å². The summed E-state index contributed by atoms with van der Waals surface area (Å²) in [5, 5.41) is 5.98. The summed E-state index contributed by atoms with van der Waals surface area (Å²) in [4.78, 5) is 25.8. The molecule has 2 amide bonds. The lowest BCUT2D eigenvalue weighted by atomic mass is 10.1. The molecule has 6 heteroatoms. The molecule has 6 nitrogen and oxygen atoms in total. The number of ether oxygens (including phenoxy) is 1. The predicted molar refractivity (Wildman–Crippen MR) is 84.8 cm³/mol. The number of aryl methyl sites for hydroxylation is 2. The second kappa shape index (κ2) is 7.38. The minimum absolute atomic E-state index is 0.0186. The van der Waals surface area contributed by atoms with Crippen LogP contribution in [0, 0.1) is 13.8 Å². The van der Waals surface area contributed by atoms with E-state index in [1.54, 1.807) is 7.05 Å². The molecule has 1 atom stereocenters. The van der Waals surface area contributed by atoms with Crippen LogP contribution in [-0.2, 0) is 14.3 Å². The van der Waals surface area contributed by atoms with Crippen LogP contribution < -0.4 is 10.6 Å². The first-order valence-electron chi connectivity index (χ1n) is 7.41. The van der Waals surface area contributed by atoms with E-state index >= 15 is 0 Å². The first kappa shape index (κ1) is 16.5. The van der Waals surface area contributed by atoms with E-state index in [9.17, 15) is 9.59 Å². The molecule has 1 fully saturated rings. The van der Waals surface area contributed by atoms with E-state index < -0.39 is 0 Å². The molecule has 1 aromatic carbocycles. The van der Waals surface area contributed by atoms with E-state index in [4.69, 9.17) is 4.74 Å². The number of carbonyl (C=O) groups is 2. The third kappa shape index (κ3) is 4.05. The molecule has 1 aliphatic rings. The van der Waals surface area contributed by atoms with E-state index in [1.807, 2.05) is 32.0 Å². The highest BCUT2D eigenvalue weighted by molar-refractivity contribution is 5.96. The molecule has 0 radical (unpaired) electrons. The number of carbonyl (C=O) groups excluding carboxylic acids is 2. The molecule has 22 heavy (non-hydrogen) atoms. The lowest BCUT2D eigenvalue weighted by Crippen LogP contribution is -2.52. The Morgan fingerprint density at radius 3 is 2.64 bits per heavy atom. The maximum Gasteiger partial charge on any atom is 0.243 e. The Kier molecular flexibility index (Phi) is 5.51. The van der Waals surface area contributed by atoms with Crippen molar-refractivity contribution in [3.63, 3.8) is 0 Å². The lowest BCUT2D eigenvalue weighted by Gasteiger charge is -2.27. The third-order valence-electron chi connectivity index (χ3n) is 3.72. The second-order valence-corrected chi connectivity index (χ2v) is 5.59. The third-order valence-corrected chi connectivity index (χ3v) is 3.72. The number of likely N-dealkylation sites (N-methyl/N-ethyl adjacent to an activating group) is 1. The van der Waals surface area contributed by atoms with Crippen molar-refractivity contribution in [3.05, 3.63) is 29.3 Å². The SMILES string of the molecule is Cc1cccc(C)c1NC(=O)CN(C)C(=O)C1COCCN1. The van der Waals surface area contributed by atoms with Crippen molar-refractivity contribution in [1.29, 1.82) is 0 Å². The molecule has 1 heterocycles. The number of rotatable bonds is 4. The lowest BCUT2D eigenvalue weighted by molar-refractivity contribution is -0.137. The average Bonchev–Trinajstić information content (AvgIpc) is 2.51. The number of nitrogens with zero attached hydrogens (tertiary/aromatic N) is 1. The van der Waals surface area contributed by atoms with Gasteiger partial charge < -0.3 is 20.3 Å². The van der Waals surface area contributed by atoms with Gasteiger partial charge in [0.1, 0.15) is 6.04 Å². The van der Waals surface area contributed by atoms with Crippen LogP contribution in [0.3, 0.4) is 0 Å². The standard InChI is InChI=1S/C16H23N3O3/c1-11-5-4-6-12(2)15(11)18-14(20)9-19(3)16(21)13-10-22-8-7-17-13/h4-6,13,17H,7-10H2,1-3H3,(H,18,20). The highest BCUT2D eigenvalue weighted by Crippen LogP contribution is 2.19. The van der Waals surface area contributed by atoms with E-state index in [-0.39, 0.29) is 24.4 Å². The zero-order valence-corrected chi connectivity index (χ0v) is 13.3. The molecule has 2 rings (SSSR count). The van der Waals surface area contributed by atoms with Gasteiger partial charge in [-0.25, -0.2) is 0 Å². The quantitative estimate of drug-likeness (QED) is 0.858. The van der Waals surface area contributed by atoms with E-state index in [1.165, 1.54) is 4.90 Å². The normalized spacial score (nSPS) is 17.9. The summed E-state index contributed by atoms with van der Waals surface area (Å²) in [5.74, 6) is -0.332. The summed E-state index contributed by atoms with van der Waals surface area (Å²) in [5.41, 5.74) is 2.82. The van der Waals surface area contributed by atoms with Crippen molar-refractivity contribution in [2.24, 2.45) is 0 Å².